The van der Waals surface area contributed by atoms with Crippen molar-refractivity contribution in [2.24, 2.45) is 0 Å². The van der Waals surface area contributed by atoms with Crippen LogP contribution in [0.4, 0.5) is 0 Å². The molecule has 2 rings (SSSR count). The number of aliphatic hydroxyl groups excluding tert-OH is 1. The maximum Gasteiger partial charge on any atom is 0.329 e. The smallest absolute Gasteiger partial charge is 0.329 e. The van der Waals surface area contributed by atoms with Gasteiger partial charge in [0.1, 0.15) is 6.10 Å². The Morgan fingerprint density at radius 3 is 2.20 bits per heavy atom. The normalized spacial score (nSPS) is 12.8. The summed E-state index contributed by atoms with van der Waals surface area (Å²) in [5.74, 6) is -1.16. The molecule has 2 aromatic carbocycles. The molecule has 1 unspecified atom stereocenters. The molecule has 0 aliphatic heterocycles. The van der Waals surface area contributed by atoms with E-state index in [1.807, 2.05) is 0 Å². The molecule has 2 aromatic rings. The fraction of sp³-hybridized carbons (Fsp3) is 0.222. The predicted molar refractivity (Wildman–Crippen MR) is 89.8 cm³/mol. The van der Waals surface area contributed by atoms with Gasteiger partial charge in [-0.3, -0.25) is 4.79 Å². The zero-order chi connectivity index (χ0) is 18.4. The summed E-state index contributed by atoms with van der Waals surface area (Å²) in [4.78, 5) is 23.7. The topological polar surface area (TPSA) is 105 Å². The van der Waals surface area contributed by atoms with Crippen LogP contribution in [0.25, 0.3) is 0 Å². The maximum absolute atomic E-state index is 12.2. The van der Waals surface area contributed by atoms with Gasteiger partial charge in [-0.15, -0.1) is 0 Å². The van der Waals surface area contributed by atoms with E-state index in [1.54, 1.807) is 36.4 Å². The lowest BCUT2D eigenvalue weighted by Gasteiger charge is -2.21. The minimum absolute atomic E-state index is 0.276. The summed E-state index contributed by atoms with van der Waals surface area (Å²) in [6.07, 6.45) is -1.47. The second kappa shape index (κ2) is 8.16. The van der Waals surface area contributed by atoms with E-state index in [1.165, 1.54) is 26.4 Å². The number of rotatable bonds is 7. The molecule has 0 radical (unpaired) electrons. The Labute approximate surface area is 144 Å². The number of benzene rings is 2. The Morgan fingerprint density at radius 2 is 1.64 bits per heavy atom. The Balaban J connectivity index is 2.25. The zero-order valence-corrected chi connectivity index (χ0v) is 13.8. The van der Waals surface area contributed by atoms with E-state index in [-0.39, 0.29) is 5.56 Å². The first-order valence-corrected chi connectivity index (χ1v) is 7.46. The van der Waals surface area contributed by atoms with Gasteiger partial charge in [-0.2, -0.15) is 0 Å². The molecular weight excluding hydrogens is 326 g/mol. The number of carbonyl (C=O) groups excluding carboxylic acids is 1. The number of carboxylic acids is 1. The fourth-order valence-corrected chi connectivity index (χ4v) is 2.32. The van der Waals surface area contributed by atoms with Crippen LogP contribution in [0.3, 0.4) is 0 Å². The third-order valence-electron chi connectivity index (χ3n) is 3.65. The molecule has 1 amide bonds. The van der Waals surface area contributed by atoms with Crippen LogP contribution in [0.2, 0.25) is 0 Å². The van der Waals surface area contributed by atoms with Crippen molar-refractivity contribution in [1.82, 2.24) is 5.32 Å². The molecule has 0 aromatic heterocycles. The van der Waals surface area contributed by atoms with Crippen LogP contribution in [0.1, 0.15) is 22.0 Å². The molecule has 0 saturated carbocycles. The standard InChI is InChI=1S/C18H19NO6/c1-24-13-9-8-12(10-14(13)25-2)16(20)15(18(22)23)19-17(21)11-6-4-3-5-7-11/h3-10,15-16,20H,1-2H3,(H,19,21)(H,22,23)/t15-,16?/m0/s1. The lowest BCUT2D eigenvalue weighted by atomic mass is 10.0. The van der Waals surface area contributed by atoms with E-state index in [9.17, 15) is 19.8 Å². The van der Waals surface area contributed by atoms with Gasteiger partial charge < -0.3 is 25.0 Å². The number of hydrogen-bond acceptors (Lipinski definition) is 5. The number of aliphatic hydroxyl groups is 1. The van der Waals surface area contributed by atoms with Crippen molar-refractivity contribution in [3.05, 3.63) is 59.7 Å². The van der Waals surface area contributed by atoms with E-state index in [4.69, 9.17) is 9.47 Å². The van der Waals surface area contributed by atoms with Crippen LogP contribution >= 0.6 is 0 Å². The van der Waals surface area contributed by atoms with Gasteiger partial charge in [0, 0.05) is 5.56 Å². The number of hydrogen-bond donors (Lipinski definition) is 3. The van der Waals surface area contributed by atoms with Crippen molar-refractivity contribution < 1.29 is 29.3 Å². The number of nitrogens with one attached hydrogen (secondary N) is 1. The van der Waals surface area contributed by atoms with Gasteiger partial charge in [0.05, 0.1) is 14.2 Å². The van der Waals surface area contributed by atoms with Crippen LogP contribution < -0.4 is 14.8 Å². The Morgan fingerprint density at radius 1 is 1.00 bits per heavy atom. The lowest BCUT2D eigenvalue weighted by Crippen LogP contribution is -2.45. The van der Waals surface area contributed by atoms with Crippen LogP contribution in [-0.4, -0.2) is 42.4 Å². The van der Waals surface area contributed by atoms with Crippen molar-refractivity contribution in [2.75, 3.05) is 14.2 Å². The summed E-state index contributed by atoms with van der Waals surface area (Å²) in [6.45, 7) is 0. The van der Waals surface area contributed by atoms with Gasteiger partial charge in [-0.05, 0) is 29.8 Å². The highest BCUT2D eigenvalue weighted by atomic mass is 16.5. The molecule has 0 saturated heterocycles. The van der Waals surface area contributed by atoms with E-state index < -0.39 is 24.0 Å². The molecule has 0 fully saturated rings. The largest absolute Gasteiger partial charge is 0.493 e. The molecule has 7 heteroatoms. The van der Waals surface area contributed by atoms with Crippen molar-refractivity contribution in [2.45, 2.75) is 12.1 Å². The van der Waals surface area contributed by atoms with Crippen molar-refractivity contribution in [3.63, 3.8) is 0 Å². The van der Waals surface area contributed by atoms with Gasteiger partial charge in [0.25, 0.3) is 5.91 Å². The van der Waals surface area contributed by atoms with Crippen LogP contribution in [0.15, 0.2) is 48.5 Å². The quantitative estimate of drug-likeness (QED) is 0.704. The van der Waals surface area contributed by atoms with Crippen LogP contribution in [0.5, 0.6) is 11.5 Å². The first kappa shape index (κ1) is 18.3. The highest BCUT2D eigenvalue weighted by molar-refractivity contribution is 5.96. The highest BCUT2D eigenvalue weighted by Crippen LogP contribution is 2.31. The fourth-order valence-electron chi connectivity index (χ4n) is 2.32. The van der Waals surface area contributed by atoms with Gasteiger partial charge >= 0.3 is 5.97 Å². The van der Waals surface area contributed by atoms with Crippen molar-refractivity contribution >= 4 is 11.9 Å². The molecule has 132 valence electrons. The molecule has 0 spiro atoms. The SMILES string of the molecule is COc1ccc(C(O)[C@H](NC(=O)c2ccccc2)C(=O)O)cc1OC. The number of methoxy groups -OCH3 is 2. The third-order valence-corrected chi connectivity index (χ3v) is 3.65. The summed E-state index contributed by atoms with van der Waals surface area (Å²) in [5.41, 5.74) is 0.576. The number of aliphatic carboxylic acids is 1. The van der Waals surface area contributed by atoms with Crippen molar-refractivity contribution in [1.29, 1.82) is 0 Å². The molecule has 0 bridgehead atoms. The Bertz CT molecular complexity index is 746. The number of carbonyl (C=O) groups is 2. The molecular formula is C18H19NO6. The van der Waals surface area contributed by atoms with E-state index in [2.05, 4.69) is 5.32 Å². The first-order chi connectivity index (χ1) is 12.0. The molecule has 3 N–H and O–H groups in total. The minimum atomic E-state index is -1.52. The highest BCUT2D eigenvalue weighted by Gasteiger charge is 2.30. The lowest BCUT2D eigenvalue weighted by molar-refractivity contribution is -0.142. The third kappa shape index (κ3) is 4.27. The van der Waals surface area contributed by atoms with Gasteiger partial charge in [-0.1, -0.05) is 24.3 Å². The summed E-state index contributed by atoms with van der Waals surface area (Å²) >= 11 is 0. The van der Waals surface area contributed by atoms with Gasteiger partial charge in [-0.25, -0.2) is 4.79 Å². The van der Waals surface area contributed by atoms with Crippen LogP contribution in [0, 0.1) is 0 Å². The average Bonchev–Trinajstić information content (AvgIpc) is 2.65. The second-order valence-electron chi connectivity index (χ2n) is 5.21. The molecule has 7 nitrogen and oxygen atoms in total. The number of amides is 1. The van der Waals surface area contributed by atoms with Gasteiger partial charge in [0.2, 0.25) is 0 Å². The van der Waals surface area contributed by atoms with Gasteiger partial charge in [0.15, 0.2) is 17.5 Å². The summed E-state index contributed by atoms with van der Waals surface area (Å²) < 4.78 is 10.3. The minimum Gasteiger partial charge on any atom is -0.493 e. The first-order valence-electron chi connectivity index (χ1n) is 7.46. The molecule has 0 heterocycles. The van der Waals surface area contributed by atoms with Crippen molar-refractivity contribution in [3.8, 4) is 11.5 Å². The average molecular weight is 345 g/mol. The van der Waals surface area contributed by atoms with E-state index in [0.29, 0.717) is 17.1 Å². The number of carboxylic acid groups (broad SMARTS) is 1. The Hall–Kier alpha value is -3.06. The molecule has 25 heavy (non-hydrogen) atoms. The van der Waals surface area contributed by atoms with E-state index >= 15 is 0 Å². The molecule has 2 atom stereocenters. The Kier molecular flexibility index (Phi) is 5.97. The number of ether oxygens (including phenoxy) is 2. The second-order valence-corrected chi connectivity index (χ2v) is 5.21. The maximum atomic E-state index is 12.2. The molecule has 0 aliphatic carbocycles. The summed E-state index contributed by atoms with van der Waals surface area (Å²) in [5, 5.41) is 22.2. The monoisotopic (exact) mass is 345 g/mol. The summed E-state index contributed by atoms with van der Waals surface area (Å²) in [6, 6.07) is 11.2. The van der Waals surface area contributed by atoms with E-state index in [0.717, 1.165) is 0 Å². The summed E-state index contributed by atoms with van der Waals surface area (Å²) in [7, 11) is 2.90. The molecule has 0 aliphatic rings. The zero-order valence-electron chi connectivity index (χ0n) is 13.8. The predicted octanol–water partition coefficient (Wildman–Crippen LogP) is 1.62. The van der Waals surface area contributed by atoms with Crippen LogP contribution in [-0.2, 0) is 4.79 Å².